The summed E-state index contributed by atoms with van der Waals surface area (Å²) in [5.74, 6) is -0.420. The van der Waals surface area contributed by atoms with Gasteiger partial charge in [0, 0.05) is 5.56 Å². The van der Waals surface area contributed by atoms with Crippen LogP contribution in [0.2, 0.25) is 5.15 Å². The quantitative estimate of drug-likeness (QED) is 0.845. The van der Waals surface area contributed by atoms with Gasteiger partial charge in [-0.3, -0.25) is 0 Å². The number of hydrogen-bond acceptors (Lipinski definition) is 2. The molecule has 0 aliphatic rings. The first kappa shape index (κ1) is 12.8. The molecule has 1 unspecified atom stereocenters. The first-order valence-corrected chi connectivity index (χ1v) is 5.78. The van der Waals surface area contributed by atoms with Gasteiger partial charge in [0.15, 0.2) is 0 Å². The van der Waals surface area contributed by atoms with Gasteiger partial charge in [0.1, 0.15) is 22.6 Å². The molecule has 18 heavy (non-hydrogen) atoms. The van der Waals surface area contributed by atoms with Crippen LogP contribution < -0.4 is 5.32 Å². The molecule has 2 aromatic rings. The van der Waals surface area contributed by atoms with Crippen LogP contribution in [0.15, 0.2) is 36.4 Å². The van der Waals surface area contributed by atoms with Crippen molar-refractivity contribution in [3.63, 3.8) is 0 Å². The summed E-state index contributed by atoms with van der Waals surface area (Å²) < 4.78 is 26.6. The van der Waals surface area contributed by atoms with Crippen molar-refractivity contribution in [2.75, 3.05) is 5.32 Å². The summed E-state index contributed by atoms with van der Waals surface area (Å²) in [6.07, 6.45) is 0. The van der Waals surface area contributed by atoms with Crippen LogP contribution in [-0.2, 0) is 0 Å². The third kappa shape index (κ3) is 2.96. The van der Waals surface area contributed by atoms with Gasteiger partial charge in [-0.1, -0.05) is 17.7 Å². The minimum absolute atomic E-state index is 0.247. The Bertz CT molecular complexity index is 560. The molecule has 0 bridgehead atoms. The van der Waals surface area contributed by atoms with Crippen LogP contribution in [-0.4, -0.2) is 4.98 Å². The van der Waals surface area contributed by atoms with E-state index in [2.05, 4.69) is 10.3 Å². The number of nitrogens with zero attached hydrogens (tertiary/aromatic N) is 1. The Labute approximate surface area is 109 Å². The minimum atomic E-state index is -0.473. The van der Waals surface area contributed by atoms with Gasteiger partial charge in [-0.15, -0.1) is 0 Å². The average Bonchev–Trinajstić information content (AvgIpc) is 2.32. The maximum Gasteiger partial charge on any atom is 0.131 e. The van der Waals surface area contributed by atoms with E-state index in [1.54, 1.807) is 25.1 Å². The molecule has 5 heteroatoms. The minimum Gasteiger partial charge on any atom is -0.363 e. The Hall–Kier alpha value is -1.68. The standard InChI is InChI=1S/C13H11ClF2N2/c1-8(10-7-9(15)5-6-11(10)16)17-13-4-2-3-12(14)18-13/h2-8H,1H3,(H,17,18). The van der Waals surface area contributed by atoms with E-state index in [1.807, 2.05) is 0 Å². The van der Waals surface area contributed by atoms with E-state index in [9.17, 15) is 8.78 Å². The first-order chi connectivity index (χ1) is 8.56. The maximum absolute atomic E-state index is 13.5. The molecular weight excluding hydrogens is 258 g/mol. The van der Waals surface area contributed by atoms with Crippen molar-refractivity contribution in [3.05, 3.63) is 58.7 Å². The van der Waals surface area contributed by atoms with Gasteiger partial charge >= 0.3 is 0 Å². The Morgan fingerprint density at radius 1 is 1.22 bits per heavy atom. The summed E-state index contributed by atoms with van der Waals surface area (Å²) in [5.41, 5.74) is 0.247. The zero-order valence-corrected chi connectivity index (χ0v) is 10.4. The zero-order chi connectivity index (χ0) is 13.1. The lowest BCUT2D eigenvalue weighted by molar-refractivity contribution is 0.577. The second-order valence-electron chi connectivity index (χ2n) is 3.88. The molecule has 2 nitrogen and oxygen atoms in total. The monoisotopic (exact) mass is 268 g/mol. The van der Waals surface area contributed by atoms with Crippen LogP contribution in [0.1, 0.15) is 18.5 Å². The lowest BCUT2D eigenvalue weighted by atomic mass is 10.1. The second kappa shape index (κ2) is 5.31. The SMILES string of the molecule is CC(Nc1cccc(Cl)n1)c1cc(F)ccc1F. The van der Waals surface area contributed by atoms with Gasteiger partial charge < -0.3 is 5.32 Å². The highest BCUT2D eigenvalue weighted by atomic mass is 35.5. The molecule has 0 aliphatic heterocycles. The average molecular weight is 269 g/mol. The number of hydrogen-bond donors (Lipinski definition) is 1. The number of nitrogens with one attached hydrogen (secondary N) is 1. The summed E-state index contributed by atoms with van der Waals surface area (Å²) in [6, 6.07) is 8.02. The maximum atomic E-state index is 13.5. The molecule has 0 saturated heterocycles. The van der Waals surface area contributed by atoms with Crippen molar-refractivity contribution in [1.82, 2.24) is 4.98 Å². The lowest BCUT2D eigenvalue weighted by Crippen LogP contribution is -2.10. The zero-order valence-electron chi connectivity index (χ0n) is 9.62. The highest BCUT2D eigenvalue weighted by molar-refractivity contribution is 6.29. The molecule has 1 aromatic carbocycles. The van der Waals surface area contributed by atoms with Gasteiger partial charge in [-0.2, -0.15) is 0 Å². The Morgan fingerprint density at radius 3 is 2.72 bits per heavy atom. The predicted molar refractivity (Wildman–Crippen MR) is 67.6 cm³/mol. The number of aromatic nitrogens is 1. The summed E-state index contributed by atoms with van der Waals surface area (Å²) in [6.45, 7) is 1.72. The number of anilines is 1. The van der Waals surface area contributed by atoms with Gasteiger partial charge in [0.25, 0.3) is 0 Å². The summed E-state index contributed by atoms with van der Waals surface area (Å²) in [4.78, 5) is 4.03. The number of benzene rings is 1. The van der Waals surface area contributed by atoms with E-state index in [0.29, 0.717) is 11.0 Å². The molecule has 1 atom stereocenters. The predicted octanol–water partition coefficient (Wildman–Crippen LogP) is 4.19. The van der Waals surface area contributed by atoms with Crippen LogP contribution in [0.3, 0.4) is 0 Å². The number of halogens is 3. The van der Waals surface area contributed by atoms with E-state index in [0.717, 1.165) is 18.2 Å². The fourth-order valence-electron chi connectivity index (χ4n) is 1.63. The molecule has 0 fully saturated rings. The van der Waals surface area contributed by atoms with Gasteiger partial charge in [0.05, 0.1) is 6.04 Å². The lowest BCUT2D eigenvalue weighted by Gasteiger charge is -2.15. The summed E-state index contributed by atoms with van der Waals surface area (Å²) in [5, 5.41) is 3.30. The smallest absolute Gasteiger partial charge is 0.131 e. The molecule has 0 aliphatic carbocycles. The molecule has 1 N–H and O–H groups in total. The van der Waals surface area contributed by atoms with E-state index < -0.39 is 17.7 Å². The van der Waals surface area contributed by atoms with Crippen molar-refractivity contribution < 1.29 is 8.78 Å². The molecule has 1 aromatic heterocycles. The fourth-order valence-corrected chi connectivity index (χ4v) is 1.80. The first-order valence-electron chi connectivity index (χ1n) is 5.40. The molecule has 1 heterocycles. The molecule has 94 valence electrons. The number of pyridine rings is 1. The van der Waals surface area contributed by atoms with Crippen molar-refractivity contribution >= 4 is 17.4 Å². The third-order valence-corrected chi connectivity index (χ3v) is 2.71. The van der Waals surface area contributed by atoms with Crippen LogP contribution >= 0.6 is 11.6 Å². The van der Waals surface area contributed by atoms with E-state index in [4.69, 9.17) is 11.6 Å². The molecule has 0 spiro atoms. The Balaban J connectivity index is 2.21. The van der Waals surface area contributed by atoms with E-state index in [-0.39, 0.29) is 5.56 Å². The van der Waals surface area contributed by atoms with Gasteiger partial charge in [-0.05, 0) is 37.3 Å². The van der Waals surface area contributed by atoms with Crippen LogP contribution in [0, 0.1) is 11.6 Å². The Kier molecular flexibility index (Phi) is 3.77. The largest absolute Gasteiger partial charge is 0.363 e. The number of rotatable bonds is 3. The molecule has 0 amide bonds. The van der Waals surface area contributed by atoms with Crippen molar-refractivity contribution in [2.24, 2.45) is 0 Å². The summed E-state index contributed by atoms with van der Waals surface area (Å²) >= 11 is 5.75. The topological polar surface area (TPSA) is 24.9 Å². The van der Waals surface area contributed by atoms with Gasteiger partial charge in [0.2, 0.25) is 0 Å². The highest BCUT2D eigenvalue weighted by Gasteiger charge is 2.12. The fraction of sp³-hybridized carbons (Fsp3) is 0.154. The van der Waals surface area contributed by atoms with Crippen molar-refractivity contribution in [1.29, 1.82) is 0 Å². The van der Waals surface area contributed by atoms with E-state index in [1.165, 1.54) is 0 Å². The Morgan fingerprint density at radius 2 is 2.00 bits per heavy atom. The normalized spacial score (nSPS) is 12.2. The summed E-state index contributed by atoms with van der Waals surface area (Å²) in [7, 11) is 0. The molecule has 2 rings (SSSR count). The highest BCUT2D eigenvalue weighted by Crippen LogP contribution is 2.22. The van der Waals surface area contributed by atoms with E-state index >= 15 is 0 Å². The third-order valence-electron chi connectivity index (χ3n) is 2.50. The van der Waals surface area contributed by atoms with Gasteiger partial charge in [-0.25, -0.2) is 13.8 Å². The molecule has 0 saturated carbocycles. The second-order valence-corrected chi connectivity index (χ2v) is 4.26. The van der Waals surface area contributed by atoms with Crippen LogP contribution in [0.4, 0.5) is 14.6 Å². The van der Waals surface area contributed by atoms with Crippen LogP contribution in [0.25, 0.3) is 0 Å². The molecule has 0 radical (unpaired) electrons. The molecular formula is C13H11ClF2N2. The van der Waals surface area contributed by atoms with Crippen molar-refractivity contribution in [2.45, 2.75) is 13.0 Å². The van der Waals surface area contributed by atoms with Crippen molar-refractivity contribution in [3.8, 4) is 0 Å². The van der Waals surface area contributed by atoms with Crippen LogP contribution in [0.5, 0.6) is 0 Å².